The summed E-state index contributed by atoms with van der Waals surface area (Å²) in [4.78, 5) is 14.2. The van der Waals surface area contributed by atoms with Crippen molar-refractivity contribution in [2.75, 3.05) is 13.7 Å². The van der Waals surface area contributed by atoms with Crippen molar-refractivity contribution in [2.45, 2.75) is 17.9 Å². The molecule has 0 saturated heterocycles. The third-order valence-electron chi connectivity index (χ3n) is 4.77. The minimum Gasteiger partial charge on any atom is -0.488 e. The van der Waals surface area contributed by atoms with Crippen LogP contribution in [0.25, 0.3) is 6.08 Å². The summed E-state index contributed by atoms with van der Waals surface area (Å²) < 4.78 is 28.4. The Morgan fingerprint density at radius 3 is 2.59 bits per heavy atom. The number of hydrogen-bond acceptors (Lipinski definition) is 4. The number of carbonyl (C=O) groups excluding carboxylic acids is 1. The van der Waals surface area contributed by atoms with Crippen LogP contribution in [-0.2, 0) is 14.8 Å². The van der Waals surface area contributed by atoms with E-state index in [1.807, 2.05) is 25.1 Å². The number of nitrogens with two attached hydrogens (primary N) is 1. The summed E-state index contributed by atoms with van der Waals surface area (Å²) in [7, 11) is -2.06. The monoisotopic (exact) mass is 432 g/mol. The first-order valence-electron chi connectivity index (χ1n) is 8.86. The van der Waals surface area contributed by atoms with Crippen molar-refractivity contribution in [3.05, 3.63) is 76.3 Å². The number of likely N-dealkylation sites (N-methyl/N-ethyl adjacent to an activating group) is 1. The second kappa shape index (κ2) is 8.41. The Morgan fingerprint density at radius 1 is 1.24 bits per heavy atom. The van der Waals surface area contributed by atoms with E-state index in [4.69, 9.17) is 21.5 Å². The van der Waals surface area contributed by atoms with E-state index in [1.165, 1.54) is 18.2 Å². The number of sulfonamides is 1. The standard InChI is InChI=1S/C21H21ClN2O4S/c1-14(16-4-7-19(8-5-16)29(23,26)27)24(2)21(25)10-3-15-11-17-12-18(22)6-9-20(17)28-13-15/h3-12,14H,13H2,1-2H3,(H2,23,26,27)/b10-3+. The molecular formula is C21H21ClN2O4S. The Bertz CT molecular complexity index is 1090. The Balaban J connectivity index is 1.70. The quantitative estimate of drug-likeness (QED) is 0.731. The van der Waals surface area contributed by atoms with Gasteiger partial charge in [-0.2, -0.15) is 0 Å². The van der Waals surface area contributed by atoms with E-state index in [0.717, 1.165) is 22.4 Å². The van der Waals surface area contributed by atoms with Gasteiger partial charge >= 0.3 is 0 Å². The first kappa shape index (κ1) is 21.1. The second-order valence-corrected chi connectivity index (χ2v) is 8.76. The van der Waals surface area contributed by atoms with E-state index in [2.05, 4.69) is 0 Å². The second-order valence-electron chi connectivity index (χ2n) is 6.76. The van der Waals surface area contributed by atoms with Gasteiger partial charge in [0.15, 0.2) is 0 Å². The van der Waals surface area contributed by atoms with E-state index in [9.17, 15) is 13.2 Å². The van der Waals surface area contributed by atoms with Crippen LogP contribution < -0.4 is 9.88 Å². The summed E-state index contributed by atoms with van der Waals surface area (Å²) >= 11 is 6.02. The SMILES string of the molecule is CC(c1ccc(S(N)(=O)=O)cc1)N(C)C(=O)/C=C/C1=Cc2cc(Cl)ccc2OC1. The first-order chi connectivity index (χ1) is 13.6. The number of halogens is 1. The van der Waals surface area contributed by atoms with E-state index in [1.54, 1.807) is 36.2 Å². The van der Waals surface area contributed by atoms with Crippen molar-refractivity contribution in [3.8, 4) is 5.75 Å². The van der Waals surface area contributed by atoms with Crippen molar-refractivity contribution < 1.29 is 17.9 Å². The van der Waals surface area contributed by atoms with Crippen LogP contribution in [0.2, 0.25) is 5.02 Å². The Hall–Kier alpha value is -2.61. The predicted molar refractivity (Wildman–Crippen MR) is 113 cm³/mol. The molecule has 1 atom stereocenters. The largest absolute Gasteiger partial charge is 0.488 e. The molecule has 2 aromatic carbocycles. The Morgan fingerprint density at radius 2 is 1.93 bits per heavy atom. The molecule has 1 aliphatic rings. The zero-order valence-corrected chi connectivity index (χ0v) is 17.6. The smallest absolute Gasteiger partial charge is 0.246 e. The fourth-order valence-corrected chi connectivity index (χ4v) is 3.60. The molecule has 2 N–H and O–H groups in total. The molecule has 0 spiro atoms. The highest BCUT2D eigenvalue weighted by molar-refractivity contribution is 7.89. The molecule has 0 bridgehead atoms. The van der Waals surface area contributed by atoms with Gasteiger partial charge in [-0.1, -0.05) is 29.8 Å². The highest BCUT2D eigenvalue weighted by atomic mass is 35.5. The van der Waals surface area contributed by atoms with Gasteiger partial charge in [0.1, 0.15) is 12.4 Å². The maximum Gasteiger partial charge on any atom is 0.246 e. The molecule has 29 heavy (non-hydrogen) atoms. The van der Waals surface area contributed by atoms with Gasteiger partial charge in [0.25, 0.3) is 0 Å². The summed E-state index contributed by atoms with van der Waals surface area (Å²) in [5, 5.41) is 5.73. The third-order valence-corrected chi connectivity index (χ3v) is 5.93. The number of hydrogen-bond donors (Lipinski definition) is 1. The van der Waals surface area contributed by atoms with Gasteiger partial charge in [-0.15, -0.1) is 0 Å². The third kappa shape index (κ3) is 5.06. The van der Waals surface area contributed by atoms with Gasteiger partial charge in [0, 0.05) is 23.7 Å². The molecule has 8 heteroatoms. The summed E-state index contributed by atoms with van der Waals surface area (Å²) in [6, 6.07) is 11.3. The van der Waals surface area contributed by atoms with Crippen molar-refractivity contribution in [3.63, 3.8) is 0 Å². The fourth-order valence-electron chi connectivity index (χ4n) is 2.91. The molecule has 0 fully saturated rings. The lowest BCUT2D eigenvalue weighted by Gasteiger charge is -2.24. The average Bonchev–Trinajstić information content (AvgIpc) is 2.70. The molecule has 0 aromatic heterocycles. The molecule has 0 saturated carbocycles. The van der Waals surface area contributed by atoms with Crippen LogP contribution in [-0.4, -0.2) is 32.9 Å². The van der Waals surface area contributed by atoms with Gasteiger partial charge in [-0.25, -0.2) is 13.6 Å². The topological polar surface area (TPSA) is 89.7 Å². The van der Waals surface area contributed by atoms with Crippen molar-refractivity contribution in [1.29, 1.82) is 0 Å². The van der Waals surface area contributed by atoms with Crippen molar-refractivity contribution in [2.24, 2.45) is 5.14 Å². The molecule has 0 aliphatic carbocycles. The highest BCUT2D eigenvalue weighted by Crippen LogP contribution is 2.29. The van der Waals surface area contributed by atoms with Gasteiger partial charge < -0.3 is 9.64 Å². The normalized spacial score (nSPS) is 14.7. The summed E-state index contributed by atoms with van der Waals surface area (Å²) in [5.41, 5.74) is 2.52. The average molecular weight is 433 g/mol. The molecule has 6 nitrogen and oxygen atoms in total. The maximum atomic E-state index is 12.6. The lowest BCUT2D eigenvalue weighted by molar-refractivity contribution is -0.126. The number of primary sulfonamides is 1. The van der Waals surface area contributed by atoms with Crippen LogP contribution >= 0.6 is 11.6 Å². The molecule has 1 aliphatic heterocycles. The van der Waals surface area contributed by atoms with Crippen LogP contribution in [0.15, 0.2) is 65.1 Å². The number of rotatable bonds is 5. The predicted octanol–water partition coefficient (Wildman–Crippen LogP) is 3.54. The zero-order chi connectivity index (χ0) is 21.2. The van der Waals surface area contributed by atoms with E-state index in [-0.39, 0.29) is 16.8 Å². The van der Waals surface area contributed by atoms with Crippen molar-refractivity contribution in [1.82, 2.24) is 4.90 Å². The van der Waals surface area contributed by atoms with E-state index >= 15 is 0 Å². The number of nitrogens with zero attached hydrogens (tertiary/aromatic N) is 1. The number of carbonyl (C=O) groups is 1. The lowest BCUT2D eigenvalue weighted by atomic mass is 10.1. The molecule has 1 amide bonds. The Kier molecular flexibility index (Phi) is 6.12. The summed E-state index contributed by atoms with van der Waals surface area (Å²) in [6.45, 7) is 2.23. The molecule has 3 rings (SSSR count). The van der Waals surface area contributed by atoms with Gasteiger partial charge in [-0.3, -0.25) is 4.79 Å². The van der Waals surface area contributed by atoms with Gasteiger partial charge in [0.2, 0.25) is 15.9 Å². The molecule has 2 aromatic rings. The fraction of sp³-hybridized carbons (Fsp3) is 0.190. The van der Waals surface area contributed by atoms with Crippen LogP contribution in [0.5, 0.6) is 5.75 Å². The highest BCUT2D eigenvalue weighted by Gasteiger charge is 2.17. The Labute approximate surface area is 175 Å². The van der Waals surface area contributed by atoms with E-state index in [0.29, 0.717) is 11.6 Å². The molecule has 1 heterocycles. The van der Waals surface area contributed by atoms with Gasteiger partial charge in [0.05, 0.1) is 10.9 Å². The van der Waals surface area contributed by atoms with Crippen LogP contribution in [0.3, 0.4) is 0 Å². The summed E-state index contributed by atoms with van der Waals surface area (Å²) in [6.07, 6.45) is 5.14. The van der Waals surface area contributed by atoms with Gasteiger partial charge in [-0.05, 0) is 54.5 Å². The molecule has 1 unspecified atom stereocenters. The van der Waals surface area contributed by atoms with Crippen LogP contribution in [0.4, 0.5) is 0 Å². The number of ether oxygens (including phenoxy) is 1. The molecule has 0 radical (unpaired) electrons. The van der Waals surface area contributed by atoms with Crippen LogP contribution in [0.1, 0.15) is 24.1 Å². The minimum atomic E-state index is -3.74. The molecule has 152 valence electrons. The maximum absolute atomic E-state index is 12.6. The summed E-state index contributed by atoms with van der Waals surface area (Å²) in [5.74, 6) is 0.567. The number of benzene rings is 2. The first-order valence-corrected chi connectivity index (χ1v) is 10.8. The molecular weight excluding hydrogens is 412 g/mol. The minimum absolute atomic E-state index is 0.0342. The zero-order valence-electron chi connectivity index (χ0n) is 16.0. The lowest BCUT2D eigenvalue weighted by Crippen LogP contribution is -2.28. The van der Waals surface area contributed by atoms with Crippen molar-refractivity contribution >= 4 is 33.6 Å². The number of amides is 1. The van der Waals surface area contributed by atoms with Crippen LogP contribution in [0, 0.1) is 0 Å². The van der Waals surface area contributed by atoms with E-state index < -0.39 is 10.0 Å². The number of fused-ring (bicyclic) bond motifs is 1.